The van der Waals surface area contributed by atoms with Crippen LogP contribution in [0.5, 0.6) is 5.75 Å². The van der Waals surface area contributed by atoms with Gasteiger partial charge in [0.1, 0.15) is 5.75 Å². The third-order valence-corrected chi connectivity index (χ3v) is 4.18. The first kappa shape index (κ1) is 16.1. The van der Waals surface area contributed by atoms with Crippen LogP contribution in [-0.2, 0) is 21.9 Å². The van der Waals surface area contributed by atoms with E-state index in [1.165, 1.54) is 28.9 Å². The summed E-state index contributed by atoms with van der Waals surface area (Å²) < 4.78 is 33.2. The van der Waals surface area contributed by atoms with Crippen LogP contribution in [0.15, 0.2) is 35.4 Å². The molecule has 8 nitrogen and oxygen atoms in total. The Morgan fingerprint density at radius 2 is 2.18 bits per heavy atom. The van der Waals surface area contributed by atoms with E-state index in [-0.39, 0.29) is 28.1 Å². The minimum Gasteiger partial charge on any atom is -0.482 e. The summed E-state index contributed by atoms with van der Waals surface area (Å²) in [7, 11) is -2.16. The lowest BCUT2D eigenvalue weighted by Gasteiger charge is -2.09. The summed E-state index contributed by atoms with van der Waals surface area (Å²) in [6.45, 7) is -0.349. The fourth-order valence-corrected chi connectivity index (χ4v) is 2.90. The molecule has 0 saturated heterocycles. The van der Waals surface area contributed by atoms with Crippen molar-refractivity contribution in [3.63, 3.8) is 0 Å². The number of benzene rings is 1. The van der Waals surface area contributed by atoms with Gasteiger partial charge in [-0.3, -0.25) is 14.2 Å². The van der Waals surface area contributed by atoms with Gasteiger partial charge in [0.2, 0.25) is 0 Å². The number of carbonyl (C=O) groups is 1. The molecule has 0 aliphatic rings. The zero-order chi connectivity index (χ0) is 16.3. The van der Waals surface area contributed by atoms with Crippen molar-refractivity contribution < 1.29 is 17.9 Å². The van der Waals surface area contributed by atoms with Crippen molar-refractivity contribution >= 4 is 33.3 Å². The molecule has 10 heteroatoms. The van der Waals surface area contributed by atoms with Crippen molar-refractivity contribution in [2.75, 3.05) is 11.3 Å². The maximum atomic E-state index is 12.2. The Balaban J connectivity index is 2.21. The molecule has 0 saturated carbocycles. The third-order valence-electron chi connectivity index (χ3n) is 2.54. The number of aryl methyl sites for hydroxylation is 1. The quantitative estimate of drug-likeness (QED) is 0.801. The largest absolute Gasteiger partial charge is 0.482 e. The van der Waals surface area contributed by atoms with E-state index >= 15 is 0 Å². The van der Waals surface area contributed by atoms with Gasteiger partial charge >= 0.3 is 0 Å². The van der Waals surface area contributed by atoms with E-state index in [2.05, 4.69) is 9.82 Å². The molecule has 0 spiro atoms. The molecule has 1 aromatic heterocycles. The first-order valence-electron chi connectivity index (χ1n) is 6.01. The van der Waals surface area contributed by atoms with Gasteiger partial charge in [-0.1, -0.05) is 11.6 Å². The third kappa shape index (κ3) is 3.89. The van der Waals surface area contributed by atoms with Crippen molar-refractivity contribution in [1.29, 1.82) is 0 Å². The van der Waals surface area contributed by atoms with Crippen LogP contribution in [0.1, 0.15) is 0 Å². The van der Waals surface area contributed by atoms with Crippen LogP contribution < -0.4 is 15.2 Å². The molecule has 1 heterocycles. The van der Waals surface area contributed by atoms with Gasteiger partial charge in [0, 0.05) is 19.3 Å². The van der Waals surface area contributed by atoms with Gasteiger partial charge in [-0.2, -0.15) is 5.10 Å². The SMILES string of the molecule is Cn1ccc(NS(=O)(=O)c2ccc(OCC(N)=O)c(Cl)c2)n1. The average molecular weight is 345 g/mol. The number of aromatic nitrogens is 2. The predicted octanol–water partition coefficient (Wildman–Crippen LogP) is 0.738. The van der Waals surface area contributed by atoms with Crippen LogP contribution >= 0.6 is 11.6 Å². The molecular weight excluding hydrogens is 332 g/mol. The number of carbonyl (C=O) groups excluding carboxylic acids is 1. The van der Waals surface area contributed by atoms with Gasteiger partial charge in [0.15, 0.2) is 12.4 Å². The number of primary amides is 1. The summed E-state index contributed by atoms with van der Waals surface area (Å²) in [5.41, 5.74) is 4.96. The topological polar surface area (TPSA) is 116 Å². The minimum absolute atomic E-state index is 0.0464. The second kappa shape index (κ2) is 6.24. The van der Waals surface area contributed by atoms with Gasteiger partial charge in [-0.05, 0) is 18.2 Å². The first-order chi connectivity index (χ1) is 10.3. The zero-order valence-corrected chi connectivity index (χ0v) is 13.1. The molecule has 118 valence electrons. The Morgan fingerprint density at radius 1 is 1.45 bits per heavy atom. The molecule has 1 aromatic carbocycles. The molecule has 0 aliphatic carbocycles. The van der Waals surface area contributed by atoms with Gasteiger partial charge in [0.25, 0.3) is 15.9 Å². The molecule has 2 rings (SSSR count). The lowest BCUT2D eigenvalue weighted by molar-refractivity contribution is -0.119. The molecule has 3 N–H and O–H groups in total. The molecule has 0 unspecified atom stereocenters. The van der Waals surface area contributed by atoms with E-state index in [0.717, 1.165) is 0 Å². The normalized spacial score (nSPS) is 11.2. The van der Waals surface area contributed by atoms with Crippen LogP contribution in [0.3, 0.4) is 0 Å². The van der Waals surface area contributed by atoms with Crippen molar-refractivity contribution in [1.82, 2.24) is 9.78 Å². The number of nitrogens with one attached hydrogen (secondary N) is 1. The number of halogens is 1. The van der Waals surface area contributed by atoms with Gasteiger partial charge in [-0.25, -0.2) is 8.42 Å². The number of nitrogens with zero attached hydrogens (tertiary/aromatic N) is 2. The zero-order valence-electron chi connectivity index (χ0n) is 11.5. The van der Waals surface area contributed by atoms with Crippen LogP contribution in [0.4, 0.5) is 5.82 Å². The Hall–Kier alpha value is -2.26. The number of sulfonamides is 1. The minimum atomic E-state index is -3.83. The maximum absolute atomic E-state index is 12.2. The Bertz CT molecular complexity index is 803. The highest BCUT2D eigenvalue weighted by molar-refractivity contribution is 7.92. The highest BCUT2D eigenvalue weighted by Crippen LogP contribution is 2.28. The second-order valence-corrected chi connectivity index (χ2v) is 6.42. The fourth-order valence-electron chi connectivity index (χ4n) is 1.58. The summed E-state index contributed by atoms with van der Waals surface area (Å²) in [4.78, 5) is 10.6. The van der Waals surface area contributed by atoms with Crippen LogP contribution in [0.2, 0.25) is 5.02 Å². The monoisotopic (exact) mass is 344 g/mol. The maximum Gasteiger partial charge on any atom is 0.263 e. The molecule has 0 fully saturated rings. The van der Waals surface area contributed by atoms with Crippen molar-refractivity contribution in [3.05, 3.63) is 35.5 Å². The van der Waals surface area contributed by atoms with Gasteiger partial charge in [-0.15, -0.1) is 0 Å². The number of ether oxygens (including phenoxy) is 1. The summed E-state index contributed by atoms with van der Waals surface area (Å²) >= 11 is 5.94. The van der Waals surface area contributed by atoms with E-state index in [0.29, 0.717) is 0 Å². The van der Waals surface area contributed by atoms with Crippen molar-refractivity contribution in [3.8, 4) is 5.75 Å². The highest BCUT2D eigenvalue weighted by Gasteiger charge is 2.17. The summed E-state index contributed by atoms with van der Waals surface area (Å²) in [6.07, 6.45) is 1.60. The number of anilines is 1. The number of amides is 1. The Morgan fingerprint density at radius 3 is 2.73 bits per heavy atom. The van der Waals surface area contributed by atoms with Crippen LogP contribution in [-0.4, -0.2) is 30.7 Å². The standard InChI is InChI=1S/C12H13ClN4O4S/c1-17-5-4-12(15-17)16-22(19,20)8-2-3-10(9(13)6-8)21-7-11(14)18/h2-6H,7H2,1H3,(H2,14,18)(H,15,16). The van der Waals surface area contributed by atoms with Crippen molar-refractivity contribution in [2.24, 2.45) is 12.8 Å². The van der Waals surface area contributed by atoms with E-state index in [9.17, 15) is 13.2 Å². The van der Waals surface area contributed by atoms with E-state index in [4.69, 9.17) is 22.1 Å². The number of hydrogen-bond acceptors (Lipinski definition) is 5. The molecule has 0 aliphatic heterocycles. The lowest BCUT2D eigenvalue weighted by atomic mass is 10.3. The molecule has 0 atom stereocenters. The lowest BCUT2D eigenvalue weighted by Crippen LogP contribution is -2.20. The van der Waals surface area contributed by atoms with E-state index < -0.39 is 15.9 Å². The molecule has 0 radical (unpaired) electrons. The molecule has 22 heavy (non-hydrogen) atoms. The van der Waals surface area contributed by atoms with Gasteiger partial charge < -0.3 is 10.5 Å². The molecule has 1 amide bonds. The number of rotatable bonds is 6. The van der Waals surface area contributed by atoms with Crippen molar-refractivity contribution in [2.45, 2.75) is 4.90 Å². The smallest absolute Gasteiger partial charge is 0.263 e. The Labute approximate surface area is 131 Å². The summed E-state index contributed by atoms with van der Waals surface area (Å²) in [5.74, 6) is -0.311. The molecule has 2 aromatic rings. The number of hydrogen-bond donors (Lipinski definition) is 2. The average Bonchev–Trinajstić information content (AvgIpc) is 2.81. The fraction of sp³-hybridized carbons (Fsp3) is 0.167. The van der Waals surface area contributed by atoms with Crippen LogP contribution in [0.25, 0.3) is 0 Å². The summed E-state index contributed by atoms with van der Waals surface area (Å²) in [6, 6.07) is 5.37. The molecular formula is C12H13ClN4O4S. The van der Waals surface area contributed by atoms with Gasteiger partial charge in [0.05, 0.1) is 9.92 Å². The Kier molecular flexibility index (Phi) is 4.57. The first-order valence-corrected chi connectivity index (χ1v) is 7.87. The second-order valence-electron chi connectivity index (χ2n) is 4.33. The highest BCUT2D eigenvalue weighted by atomic mass is 35.5. The number of nitrogens with two attached hydrogens (primary N) is 1. The predicted molar refractivity (Wildman–Crippen MR) is 80.2 cm³/mol. The summed E-state index contributed by atoms with van der Waals surface area (Å²) in [5, 5.41) is 3.97. The van der Waals surface area contributed by atoms with Crippen LogP contribution in [0, 0.1) is 0 Å². The van der Waals surface area contributed by atoms with E-state index in [1.807, 2.05) is 0 Å². The molecule has 0 bridgehead atoms. The van der Waals surface area contributed by atoms with E-state index in [1.54, 1.807) is 13.2 Å².